The minimum atomic E-state index is -1.11. The van der Waals surface area contributed by atoms with Crippen LogP contribution in [-0.2, 0) is 17.4 Å². The third kappa shape index (κ3) is 4.83. The monoisotopic (exact) mass is 259 g/mol. The first-order chi connectivity index (χ1) is 8.02. The lowest BCUT2D eigenvalue weighted by atomic mass is 9.95. The predicted octanol–water partition coefficient (Wildman–Crippen LogP) is 2.03. The molecule has 1 heterocycles. The van der Waals surface area contributed by atoms with Crippen molar-refractivity contribution >= 4 is 11.0 Å². The summed E-state index contributed by atoms with van der Waals surface area (Å²) in [4.78, 5) is 0. The van der Waals surface area contributed by atoms with Gasteiger partial charge >= 0.3 is 0 Å². The maximum absolute atomic E-state index is 12.8. The van der Waals surface area contributed by atoms with Crippen molar-refractivity contribution in [3.05, 3.63) is 29.6 Å². The van der Waals surface area contributed by atoms with E-state index in [-0.39, 0.29) is 5.82 Å². The zero-order valence-electron chi connectivity index (χ0n) is 10.1. The summed E-state index contributed by atoms with van der Waals surface area (Å²) in [6, 6.07) is 4.80. The molecule has 0 spiro atoms. The first-order valence-corrected chi connectivity index (χ1v) is 7.14. The molecule has 96 valence electrons. The van der Waals surface area contributed by atoms with Crippen LogP contribution in [0.2, 0.25) is 0 Å². The number of halogens is 1. The van der Waals surface area contributed by atoms with Crippen LogP contribution in [0.5, 0.6) is 5.75 Å². The number of benzene rings is 1. The van der Waals surface area contributed by atoms with Gasteiger partial charge < -0.3 is 4.74 Å². The van der Waals surface area contributed by atoms with Crippen molar-refractivity contribution in [1.82, 2.24) is 0 Å². The zero-order valence-corrected chi connectivity index (χ0v) is 10.9. The van der Waals surface area contributed by atoms with E-state index >= 15 is 0 Å². The third-order valence-corrected chi connectivity index (χ3v) is 2.59. The van der Waals surface area contributed by atoms with Crippen LogP contribution in [0.25, 0.3) is 0 Å². The molecular formula is C12H18FNO2S. The smallest absolute Gasteiger partial charge is 0.126 e. The maximum Gasteiger partial charge on any atom is 0.126 e. The Kier molecular flexibility index (Phi) is 5.58. The molecule has 1 aromatic rings. The van der Waals surface area contributed by atoms with Crippen molar-refractivity contribution in [1.29, 1.82) is 0 Å². The van der Waals surface area contributed by atoms with E-state index < -0.39 is 11.0 Å². The number of rotatable bonds is 1. The molecule has 3 nitrogen and oxygen atoms in total. The van der Waals surface area contributed by atoms with E-state index in [1.807, 2.05) is 6.07 Å². The standard InChI is InChI=1S/C11H13FO.CH5NOS/c1-2-8-5-9-3-4-10(12)6-11(9)13-7-8;1-4(2)3/h3-4,6,8H,2,5,7H2,1H3;2H2,1H3. The molecule has 2 atom stereocenters. The molecule has 1 aromatic carbocycles. The highest BCUT2D eigenvalue weighted by atomic mass is 32.2. The van der Waals surface area contributed by atoms with Gasteiger partial charge in [-0.05, 0) is 30.4 Å². The lowest BCUT2D eigenvalue weighted by molar-refractivity contribution is 0.217. The van der Waals surface area contributed by atoms with Crippen molar-refractivity contribution in [3.63, 3.8) is 0 Å². The molecule has 2 N–H and O–H groups in total. The van der Waals surface area contributed by atoms with Crippen LogP contribution in [0, 0.1) is 11.7 Å². The number of hydrogen-bond donors (Lipinski definition) is 1. The SMILES string of the molecule is CCC1COc2cc(F)ccc2C1.CS(N)=O. The van der Waals surface area contributed by atoms with Crippen molar-refractivity contribution in [2.45, 2.75) is 19.8 Å². The van der Waals surface area contributed by atoms with Gasteiger partial charge in [0.2, 0.25) is 0 Å². The number of nitrogens with two attached hydrogens (primary N) is 1. The van der Waals surface area contributed by atoms with Crippen LogP contribution in [-0.4, -0.2) is 17.1 Å². The van der Waals surface area contributed by atoms with Gasteiger partial charge in [0, 0.05) is 12.3 Å². The Labute approximate surface area is 104 Å². The number of fused-ring (bicyclic) bond motifs is 1. The lowest BCUT2D eigenvalue weighted by Crippen LogP contribution is -2.20. The minimum absolute atomic E-state index is 0.214. The molecule has 0 bridgehead atoms. The molecule has 17 heavy (non-hydrogen) atoms. The Morgan fingerprint density at radius 1 is 1.59 bits per heavy atom. The van der Waals surface area contributed by atoms with E-state index in [9.17, 15) is 8.60 Å². The highest BCUT2D eigenvalue weighted by Gasteiger charge is 2.18. The Hall–Kier alpha value is -0.940. The summed E-state index contributed by atoms with van der Waals surface area (Å²) < 4.78 is 27.6. The second-order valence-corrected chi connectivity index (χ2v) is 5.04. The molecule has 0 aromatic heterocycles. The molecule has 1 aliphatic rings. The summed E-state index contributed by atoms with van der Waals surface area (Å²) in [6.07, 6.45) is 3.56. The third-order valence-electron chi connectivity index (χ3n) is 2.59. The normalized spacial score (nSPS) is 19.4. The molecule has 0 radical (unpaired) electrons. The van der Waals surface area contributed by atoms with E-state index in [4.69, 9.17) is 4.74 Å². The van der Waals surface area contributed by atoms with Crippen molar-refractivity contribution in [3.8, 4) is 5.75 Å². The van der Waals surface area contributed by atoms with Gasteiger partial charge in [0.1, 0.15) is 11.6 Å². The molecule has 1 aliphatic heterocycles. The van der Waals surface area contributed by atoms with Crippen molar-refractivity contribution < 1.29 is 13.3 Å². The summed E-state index contributed by atoms with van der Waals surface area (Å²) in [7, 11) is -1.11. The van der Waals surface area contributed by atoms with Crippen LogP contribution in [0.1, 0.15) is 18.9 Å². The fourth-order valence-electron chi connectivity index (χ4n) is 1.67. The molecular weight excluding hydrogens is 241 g/mol. The molecule has 2 unspecified atom stereocenters. The molecule has 0 aliphatic carbocycles. The van der Waals surface area contributed by atoms with E-state index in [0.29, 0.717) is 5.92 Å². The van der Waals surface area contributed by atoms with Crippen molar-refractivity contribution in [2.24, 2.45) is 11.1 Å². The minimum Gasteiger partial charge on any atom is -0.493 e. The zero-order chi connectivity index (χ0) is 12.8. The lowest BCUT2D eigenvalue weighted by Gasteiger charge is -2.24. The maximum atomic E-state index is 12.8. The van der Waals surface area contributed by atoms with Gasteiger partial charge in [-0.1, -0.05) is 13.0 Å². The molecule has 0 fully saturated rings. The molecule has 5 heteroatoms. The molecule has 0 saturated heterocycles. The largest absolute Gasteiger partial charge is 0.493 e. The van der Waals surface area contributed by atoms with E-state index in [0.717, 1.165) is 30.8 Å². The van der Waals surface area contributed by atoms with Crippen LogP contribution in [0.15, 0.2) is 18.2 Å². The van der Waals surface area contributed by atoms with Crippen LogP contribution in [0.3, 0.4) is 0 Å². The molecule has 0 amide bonds. The van der Waals surface area contributed by atoms with E-state index in [2.05, 4.69) is 12.1 Å². The fraction of sp³-hybridized carbons (Fsp3) is 0.500. The Morgan fingerprint density at radius 3 is 2.82 bits per heavy atom. The predicted molar refractivity (Wildman–Crippen MR) is 67.6 cm³/mol. The van der Waals surface area contributed by atoms with Crippen LogP contribution in [0.4, 0.5) is 4.39 Å². The van der Waals surface area contributed by atoms with E-state index in [1.165, 1.54) is 18.4 Å². The Balaban J connectivity index is 0.000000317. The summed E-state index contributed by atoms with van der Waals surface area (Å²) >= 11 is 0. The van der Waals surface area contributed by atoms with Gasteiger partial charge in [-0.3, -0.25) is 5.14 Å². The quantitative estimate of drug-likeness (QED) is 0.839. The van der Waals surface area contributed by atoms with Crippen LogP contribution < -0.4 is 9.88 Å². The number of ether oxygens (including phenoxy) is 1. The Bertz CT molecular complexity index is 394. The first kappa shape index (κ1) is 14.1. The first-order valence-electron chi connectivity index (χ1n) is 5.52. The Morgan fingerprint density at radius 2 is 2.24 bits per heavy atom. The van der Waals surface area contributed by atoms with Gasteiger partial charge in [-0.2, -0.15) is 0 Å². The molecule has 0 saturated carbocycles. The van der Waals surface area contributed by atoms with E-state index in [1.54, 1.807) is 0 Å². The summed E-state index contributed by atoms with van der Waals surface area (Å²) in [5.41, 5.74) is 1.14. The summed E-state index contributed by atoms with van der Waals surface area (Å²) in [5.74, 6) is 1.11. The average molecular weight is 259 g/mol. The second-order valence-electron chi connectivity index (χ2n) is 4.04. The summed E-state index contributed by atoms with van der Waals surface area (Å²) in [5, 5.41) is 4.58. The second kappa shape index (κ2) is 6.71. The van der Waals surface area contributed by atoms with Crippen molar-refractivity contribution in [2.75, 3.05) is 12.9 Å². The van der Waals surface area contributed by atoms with Gasteiger partial charge in [0.05, 0.1) is 17.6 Å². The van der Waals surface area contributed by atoms with Gasteiger partial charge in [0.15, 0.2) is 0 Å². The highest BCUT2D eigenvalue weighted by Crippen LogP contribution is 2.28. The fourth-order valence-corrected chi connectivity index (χ4v) is 1.67. The summed E-state index contributed by atoms with van der Waals surface area (Å²) in [6.45, 7) is 2.88. The topological polar surface area (TPSA) is 52.3 Å². The molecule has 2 rings (SSSR count). The van der Waals surface area contributed by atoms with Crippen LogP contribution >= 0.6 is 0 Å². The van der Waals surface area contributed by atoms with Gasteiger partial charge in [-0.15, -0.1) is 0 Å². The highest BCUT2D eigenvalue weighted by molar-refractivity contribution is 7.81. The van der Waals surface area contributed by atoms with Gasteiger partial charge in [-0.25, -0.2) is 8.60 Å². The number of hydrogen-bond acceptors (Lipinski definition) is 2. The van der Waals surface area contributed by atoms with Gasteiger partial charge in [0.25, 0.3) is 0 Å². The average Bonchev–Trinajstić information content (AvgIpc) is 2.27.